The second-order valence-corrected chi connectivity index (χ2v) is 4.12. The minimum Gasteiger partial charge on any atom is -0.0683 e. The molecule has 18 heavy (non-hydrogen) atoms. The highest BCUT2D eigenvalue weighted by atomic mass is 14.2. The van der Waals surface area contributed by atoms with Crippen LogP contribution >= 0.6 is 0 Å². The molecule has 1 unspecified atom stereocenters. The quantitative estimate of drug-likeness (QED) is 0.514. The second-order valence-electron chi connectivity index (χ2n) is 4.12. The molecule has 1 aliphatic carbocycles. The molecule has 0 saturated carbocycles. The molecule has 0 saturated heterocycles. The Bertz CT molecular complexity index is 286. The van der Waals surface area contributed by atoms with E-state index in [2.05, 4.69) is 32.0 Å². The van der Waals surface area contributed by atoms with Gasteiger partial charge in [0.25, 0.3) is 0 Å². The van der Waals surface area contributed by atoms with Crippen molar-refractivity contribution < 1.29 is 0 Å². The molecule has 2 rings (SSSR count). The van der Waals surface area contributed by atoms with E-state index in [0.29, 0.717) is 0 Å². The van der Waals surface area contributed by atoms with Crippen LogP contribution in [-0.2, 0) is 12.8 Å². The molecule has 0 amide bonds. The van der Waals surface area contributed by atoms with Gasteiger partial charge in [0.2, 0.25) is 0 Å². The zero-order chi connectivity index (χ0) is 14.6. The molecular formula is C18H34. The SMILES string of the molecule is CC.CC.CC.Cc1ccc2c(c1)CC(C)CC2. The Balaban J connectivity index is 0. The molecule has 0 aromatic heterocycles. The zero-order valence-electron chi connectivity index (χ0n) is 13.9. The van der Waals surface area contributed by atoms with Gasteiger partial charge < -0.3 is 0 Å². The monoisotopic (exact) mass is 250 g/mol. The molecule has 0 spiro atoms. The summed E-state index contributed by atoms with van der Waals surface area (Å²) in [6.45, 7) is 16.5. The van der Waals surface area contributed by atoms with Crippen molar-refractivity contribution in [1.82, 2.24) is 0 Å². The summed E-state index contributed by atoms with van der Waals surface area (Å²) in [7, 11) is 0. The summed E-state index contributed by atoms with van der Waals surface area (Å²) < 4.78 is 0. The first kappa shape index (κ1) is 19.6. The number of rotatable bonds is 0. The van der Waals surface area contributed by atoms with Crippen LogP contribution in [0.25, 0.3) is 0 Å². The lowest BCUT2D eigenvalue weighted by Crippen LogP contribution is -2.11. The van der Waals surface area contributed by atoms with E-state index >= 15 is 0 Å². The van der Waals surface area contributed by atoms with Gasteiger partial charge >= 0.3 is 0 Å². The summed E-state index contributed by atoms with van der Waals surface area (Å²) in [6.07, 6.45) is 3.95. The average Bonchev–Trinajstić information content (AvgIpc) is 2.45. The smallest absolute Gasteiger partial charge is 0.0250 e. The van der Waals surface area contributed by atoms with E-state index in [4.69, 9.17) is 0 Å². The molecule has 0 radical (unpaired) electrons. The van der Waals surface area contributed by atoms with Crippen LogP contribution in [0.4, 0.5) is 0 Å². The number of fused-ring (bicyclic) bond motifs is 1. The molecule has 1 aromatic carbocycles. The second kappa shape index (κ2) is 12.7. The summed E-state index contributed by atoms with van der Waals surface area (Å²) in [6, 6.07) is 6.89. The molecule has 1 aliphatic rings. The van der Waals surface area contributed by atoms with Crippen LogP contribution in [0.3, 0.4) is 0 Å². The Labute approximate surface area is 116 Å². The maximum absolute atomic E-state index is 2.35. The number of hydrogen-bond donors (Lipinski definition) is 0. The van der Waals surface area contributed by atoms with Crippen molar-refractivity contribution in [3.05, 3.63) is 34.9 Å². The molecule has 0 N–H and O–H groups in total. The molecule has 106 valence electrons. The van der Waals surface area contributed by atoms with E-state index in [0.717, 1.165) is 5.92 Å². The van der Waals surface area contributed by atoms with Crippen molar-refractivity contribution >= 4 is 0 Å². The van der Waals surface area contributed by atoms with E-state index in [1.165, 1.54) is 24.8 Å². The lowest BCUT2D eigenvalue weighted by Gasteiger charge is -2.21. The van der Waals surface area contributed by atoms with E-state index in [9.17, 15) is 0 Å². The molecule has 1 aromatic rings. The van der Waals surface area contributed by atoms with Crippen LogP contribution in [0, 0.1) is 12.8 Å². The Morgan fingerprint density at radius 2 is 1.44 bits per heavy atom. The van der Waals surface area contributed by atoms with Crippen molar-refractivity contribution in [1.29, 1.82) is 0 Å². The molecule has 0 heterocycles. The van der Waals surface area contributed by atoms with Crippen LogP contribution in [0.15, 0.2) is 18.2 Å². The first-order valence-electron chi connectivity index (χ1n) is 7.84. The standard InChI is InChI=1S/C12H16.3C2H6/c1-9-3-5-11-6-4-10(2)8-12(11)7-9;3*1-2/h3,5,7,10H,4,6,8H2,1-2H3;3*1-2H3. The first-order valence-corrected chi connectivity index (χ1v) is 7.84. The minimum atomic E-state index is 0.888. The zero-order valence-corrected chi connectivity index (χ0v) is 13.9. The maximum Gasteiger partial charge on any atom is -0.0250 e. The normalized spacial score (nSPS) is 15.7. The Morgan fingerprint density at radius 3 is 2.00 bits per heavy atom. The third-order valence-corrected chi connectivity index (χ3v) is 2.84. The van der Waals surface area contributed by atoms with E-state index < -0.39 is 0 Å². The van der Waals surface area contributed by atoms with Crippen LogP contribution in [0.1, 0.15) is 71.6 Å². The fourth-order valence-corrected chi connectivity index (χ4v) is 2.07. The number of aryl methyl sites for hydroxylation is 2. The molecule has 0 aliphatic heterocycles. The Morgan fingerprint density at radius 1 is 0.889 bits per heavy atom. The summed E-state index contributed by atoms with van der Waals surface area (Å²) in [5, 5.41) is 0. The van der Waals surface area contributed by atoms with Gasteiger partial charge in [-0.1, -0.05) is 72.2 Å². The fraction of sp³-hybridized carbons (Fsp3) is 0.667. The van der Waals surface area contributed by atoms with Gasteiger partial charge in [-0.2, -0.15) is 0 Å². The number of benzene rings is 1. The van der Waals surface area contributed by atoms with E-state index in [-0.39, 0.29) is 0 Å². The van der Waals surface area contributed by atoms with E-state index in [1.54, 1.807) is 11.1 Å². The Kier molecular flexibility index (Phi) is 13.8. The van der Waals surface area contributed by atoms with Gasteiger partial charge in [-0.05, 0) is 43.2 Å². The summed E-state index contributed by atoms with van der Waals surface area (Å²) in [5.41, 5.74) is 4.58. The van der Waals surface area contributed by atoms with Crippen LogP contribution < -0.4 is 0 Å². The van der Waals surface area contributed by atoms with Gasteiger partial charge in [-0.3, -0.25) is 0 Å². The maximum atomic E-state index is 2.35. The highest BCUT2D eigenvalue weighted by molar-refractivity contribution is 5.33. The third-order valence-electron chi connectivity index (χ3n) is 2.84. The molecule has 1 atom stereocenters. The molecule has 0 fully saturated rings. The summed E-state index contributed by atoms with van der Waals surface area (Å²) in [4.78, 5) is 0. The van der Waals surface area contributed by atoms with E-state index in [1.807, 2.05) is 41.5 Å². The lowest BCUT2D eigenvalue weighted by atomic mass is 9.84. The minimum absolute atomic E-state index is 0.888. The van der Waals surface area contributed by atoms with Crippen molar-refractivity contribution in [2.75, 3.05) is 0 Å². The van der Waals surface area contributed by atoms with Crippen molar-refractivity contribution in [2.45, 2.75) is 74.7 Å². The predicted octanol–water partition coefficient (Wildman–Crippen LogP) is 6.20. The van der Waals surface area contributed by atoms with Crippen molar-refractivity contribution in [2.24, 2.45) is 5.92 Å². The largest absolute Gasteiger partial charge is 0.0683 e. The average molecular weight is 250 g/mol. The Hall–Kier alpha value is -0.780. The fourth-order valence-electron chi connectivity index (χ4n) is 2.07. The van der Waals surface area contributed by atoms with Crippen LogP contribution in [0.5, 0.6) is 0 Å². The highest BCUT2D eigenvalue weighted by Crippen LogP contribution is 2.25. The van der Waals surface area contributed by atoms with Crippen LogP contribution in [-0.4, -0.2) is 0 Å². The molecule has 0 bridgehead atoms. The highest BCUT2D eigenvalue weighted by Gasteiger charge is 2.14. The van der Waals surface area contributed by atoms with Crippen molar-refractivity contribution in [3.63, 3.8) is 0 Å². The van der Waals surface area contributed by atoms with Gasteiger partial charge in [0, 0.05) is 0 Å². The van der Waals surface area contributed by atoms with Gasteiger partial charge in [0.1, 0.15) is 0 Å². The predicted molar refractivity (Wildman–Crippen MR) is 86.4 cm³/mol. The molecule has 0 nitrogen and oxygen atoms in total. The molecular weight excluding hydrogens is 216 g/mol. The topological polar surface area (TPSA) is 0 Å². The van der Waals surface area contributed by atoms with Gasteiger partial charge in [0.05, 0.1) is 0 Å². The summed E-state index contributed by atoms with van der Waals surface area (Å²) in [5.74, 6) is 0.888. The van der Waals surface area contributed by atoms with Crippen LogP contribution in [0.2, 0.25) is 0 Å². The van der Waals surface area contributed by atoms with Gasteiger partial charge in [0.15, 0.2) is 0 Å². The first-order chi connectivity index (χ1) is 8.75. The molecule has 0 heteroatoms. The van der Waals surface area contributed by atoms with Crippen molar-refractivity contribution in [3.8, 4) is 0 Å². The number of hydrogen-bond acceptors (Lipinski definition) is 0. The third kappa shape index (κ3) is 6.83. The van der Waals surface area contributed by atoms with Gasteiger partial charge in [-0.25, -0.2) is 0 Å². The van der Waals surface area contributed by atoms with Gasteiger partial charge in [-0.15, -0.1) is 0 Å². The lowest BCUT2D eigenvalue weighted by molar-refractivity contribution is 0.501. The summed E-state index contributed by atoms with van der Waals surface area (Å²) >= 11 is 0.